The van der Waals surface area contributed by atoms with E-state index in [0.717, 1.165) is 31.0 Å². The molecule has 106 valence electrons. The van der Waals surface area contributed by atoms with E-state index in [1.807, 2.05) is 48.8 Å². The molecule has 0 spiro atoms. The van der Waals surface area contributed by atoms with Crippen molar-refractivity contribution < 1.29 is 9.47 Å². The van der Waals surface area contributed by atoms with Crippen LogP contribution in [0.4, 0.5) is 0 Å². The molecule has 1 aromatic heterocycles. The second-order valence-electron chi connectivity index (χ2n) is 4.38. The number of benzene rings is 1. The maximum atomic E-state index is 5.63. The molecule has 0 saturated heterocycles. The van der Waals surface area contributed by atoms with Crippen molar-refractivity contribution in [1.82, 2.24) is 10.3 Å². The van der Waals surface area contributed by atoms with Crippen LogP contribution >= 0.6 is 0 Å². The van der Waals surface area contributed by atoms with Crippen molar-refractivity contribution in [2.24, 2.45) is 0 Å². The highest BCUT2D eigenvalue weighted by atomic mass is 16.5. The van der Waals surface area contributed by atoms with Crippen LogP contribution in [0.3, 0.4) is 0 Å². The monoisotopic (exact) mass is 272 g/mol. The molecule has 1 aromatic carbocycles. The molecule has 0 amide bonds. The Balaban J connectivity index is 1.57. The average molecular weight is 272 g/mol. The standard InChI is InChI=1S/C16H20N2O2/c1-19-15-2-4-16(5-3-15)20-13-12-18-11-8-14-6-9-17-10-7-14/h2-7,9-10,18H,8,11-13H2,1H3. The predicted molar refractivity (Wildman–Crippen MR) is 79.3 cm³/mol. The first-order valence-electron chi connectivity index (χ1n) is 6.75. The fourth-order valence-electron chi connectivity index (χ4n) is 1.82. The van der Waals surface area contributed by atoms with Gasteiger partial charge in [-0.2, -0.15) is 0 Å². The quantitative estimate of drug-likeness (QED) is 0.749. The molecule has 0 aliphatic rings. The summed E-state index contributed by atoms with van der Waals surface area (Å²) in [6, 6.07) is 11.7. The fraction of sp³-hybridized carbons (Fsp3) is 0.312. The van der Waals surface area contributed by atoms with Crippen LogP contribution in [-0.4, -0.2) is 31.8 Å². The third-order valence-electron chi connectivity index (χ3n) is 2.95. The Morgan fingerprint density at radius 3 is 2.35 bits per heavy atom. The summed E-state index contributed by atoms with van der Waals surface area (Å²) in [7, 11) is 1.66. The largest absolute Gasteiger partial charge is 0.497 e. The van der Waals surface area contributed by atoms with Crippen molar-refractivity contribution in [3.8, 4) is 11.5 Å². The van der Waals surface area contributed by atoms with Gasteiger partial charge >= 0.3 is 0 Å². The van der Waals surface area contributed by atoms with E-state index >= 15 is 0 Å². The maximum Gasteiger partial charge on any atom is 0.119 e. The Bertz CT molecular complexity index is 486. The summed E-state index contributed by atoms with van der Waals surface area (Å²) in [5.41, 5.74) is 1.29. The molecule has 1 N–H and O–H groups in total. The van der Waals surface area contributed by atoms with Gasteiger partial charge in [-0.05, 0) is 54.9 Å². The van der Waals surface area contributed by atoms with Crippen LogP contribution in [-0.2, 0) is 6.42 Å². The average Bonchev–Trinajstić information content (AvgIpc) is 2.52. The number of hydrogen-bond donors (Lipinski definition) is 1. The molecule has 2 rings (SSSR count). The molecule has 0 radical (unpaired) electrons. The van der Waals surface area contributed by atoms with Crippen molar-refractivity contribution in [2.75, 3.05) is 26.8 Å². The second kappa shape index (κ2) is 8.17. The molecule has 0 bridgehead atoms. The topological polar surface area (TPSA) is 43.4 Å². The van der Waals surface area contributed by atoms with Gasteiger partial charge in [0.25, 0.3) is 0 Å². The SMILES string of the molecule is COc1ccc(OCCNCCc2ccncc2)cc1. The Kier molecular flexibility index (Phi) is 5.86. The van der Waals surface area contributed by atoms with Gasteiger partial charge in [0.05, 0.1) is 7.11 Å². The van der Waals surface area contributed by atoms with E-state index < -0.39 is 0 Å². The second-order valence-corrected chi connectivity index (χ2v) is 4.38. The van der Waals surface area contributed by atoms with Gasteiger partial charge in [-0.25, -0.2) is 0 Å². The number of aromatic nitrogens is 1. The van der Waals surface area contributed by atoms with Gasteiger partial charge in [0.1, 0.15) is 18.1 Å². The van der Waals surface area contributed by atoms with Crippen LogP contribution in [0, 0.1) is 0 Å². The van der Waals surface area contributed by atoms with Crippen LogP contribution in [0.2, 0.25) is 0 Å². The fourth-order valence-corrected chi connectivity index (χ4v) is 1.82. The molecule has 0 aliphatic heterocycles. The van der Waals surface area contributed by atoms with Crippen LogP contribution in [0.25, 0.3) is 0 Å². The van der Waals surface area contributed by atoms with Crippen LogP contribution in [0.15, 0.2) is 48.8 Å². The number of nitrogens with zero attached hydrogens (tertiary/aromatic N) is 1. The molecular weight excluding hydrogens is 252 g/mol. The summed E-state index contributed by atoms with van der Waals surface area (Å²) < 4.78 is 10.7. The normalized spacial score (nSPS) is 10.2. The Morgan fingerprint density at radius 2 is 1.65 bits per heavy atom. The van der Waals surface area contributed by atoms with Crippen molar-refractivity contribution in [1.29, 1.82) is 0 Å². The Morgan fingerprint density at radius 1 is 0.950 bits per heavy atom. The molecule has 4 heteroatoms. The number of rotatable bonds is 8. The zero-order chi connectivity index (χ0) is 14.0. The Hall–Kier alpha value is -2.07. The highest BCUT2D eigenvalue weighted by Gasteiger charge is 1.95. The predicted octanol–water partition coefficient (Wildman–Crippen LogP) is 2.30. The van der Waals surface area contributed by atoms with Gasteiger partial charge < -0.3 is 14.8 Å². The molecule has 0 unspecified atom stereocenters. The molecule has 0 saturated carbocycles. The van der Waals surface area contributed by atoms with Crippen LogP contribution in [0.5, 0.6) is 11.5 Å². The van der Waals surface area contributed by atoms with E-state index in [1.54, 1.807) is 7.11 Å². The molecule has 4 nitrogen and oxygen atoms in total. The summed E-state index contributed by atoms with van der Waals surface area (Å²) in [6.07, 6.45) is 4.65. The van der Waals surface area contributed by atoms with E-state index in [1.165, 1.54) is 5.56 Å². The van der Waals surface area contributed by atoms with E-state index in [9.17, 15) is 0 Å². The van der Waals surface area contributed by atoms with Gasteiger partial charge in [0.2, 0.25) is 0 Å². The summed E-state index contributed by atoms with van der Waals surface area (Å²) in [4.78, 5) is 4.00. The molecule has 0 aliphatic carbocycles. The van der Waals surface area contributed by atoms with Gasteiger partial charge in [0.15, 0.2) is 0 Å². The van der Waals surface area contributed by atoms with Crippen molar-refractivity contribution in [3.05, 3.63) is 54.4 Å². The lowest BCUT2D eigenvalue weighted by molar-refractivity contribution is 0.313. The zero-order valence-corrected chi connectivity index (χ0v) is 11.7. The Labute approximate surface area is 119 Å². The van der Waals surface area contributed by atoms with E-state index in [2.05, 4.69) is 10.3 Å². The minimum absolute atomic E-state index is 0.655. The van der Waals surface area contributed by atoms with E-state index in [-0.39, 0.29) is 0 Å². The highest BCUT2D eigenvalue weighted by molar-refractivity contribution is 5.31. The number of ether oxygens (including phenoxy) is 2. The lowest BCUT2D eigenvalue weighted by Gasteiger charge is -2.08. The number of nitrogens with one attached hydrogen (secondary N) is 1. The van der Waals surface area contributed by atoms with E-state index in [0.29, 0.717) is 6.61 Å². The lowest BCUT2D eigenvalue weighted by Crippen LogP contribution is -2.23. The number of hydrogen-bond acceptors (Lipinski definition) is 4. The first-order chi connectivity index (χ1) is 9.88. The van der Waals surface area contributed by atoms with Crippen molar-refractivity contribution >= 4 is 0 Å². The summed E-state index contributed by atoms with van der Waals surface area (Å²) in [5, 5.41) is 3.36. The van der Waals surface area contributed by atoms with Gasteiger partial charge in [-0.3, -0.25) is 4.98 Å². The lowest BCUT2D eigenvalue weighted by atomic mass is 10.2. The molecule has 1 heterocycles. The highest BCUT2D eigenvalue weighted by Crippen LogP contribution is 2.16. The molecule has 0 fully saturated rings. The maximum absolute atomic E-state index is 5.63. The first-order valence-corrected chi connectivity index (χ1v) is 6.75. The molecule has 20 heavy (non-hydrogen) atoms. The third-order valence-corrected chi connectivity index (χ3v) is 2.95. The zero-order valence-electron chi connectivity index (χ0n) is 11.7. The van der Waals surface area contributed by atoms with Gasteiger partial charge in [-0.1, -0.05) is 0 Å². The molecule has 2 aromatic rings. The number of pyridine rings is 1. The van der Waals surface area contributed by atoms with Crippen molar-refractivity contribution in [2.45, 2.75) is 6.42 Å². The minimum Gasteiger partial charge on any atom is -0.497 e. The summed E-state index contributed by atoms with van der Waals surface area (Å²) >= 11 is 0. The van der Waals surface area contributed by atoms with Crippen LogP contribution < -0.4 is 14.8 Å². The van der Waals surface area contributed by atoms with Gasteiger partial charge in [0, 0.05) is 18.9 Å². The smallest absolute Gasteiger partial charge is 0.119 e. The van der Waals surface area contributed by atoms with Gasteiger partial charge in [-0.15, -0.1) is 0 Å². The number of methoxy groups -OCH3 is 1. The van der Waals surface area contributed by atoms with Crippen molar-refractivity contribution in [3.63, 3.8) is 0 Å². The minimum atomic E-state index is 0.655. The third kappa shape index (κ3) is 4.90. The summed E-state index contributed by atoms with van der Waals surface area (Å²) in [5.74, 6) is 1.70. The summed E-state index contributed by atoms with van der Waals surface area (Å²) in [6.45, 7) is 2.43. The molecular formula is C16H20N2O2. The first kappa shape index (κ1) is 14.3. The molecule has 0 atom stereocenters. The van der Waals surface area contributed by atoms with Crippen LogP contribution in [0.1, 0.15) is 5.56 Å². The van der Waals surface area contributed by atoms with E-state index in [4.69, 9.17) is 9.47 Å².